The summed E-state index contributed by atoms with van der Waals surface area (Å²) in [5.74, 6) is -0.102. The molecule has 2 amide bonds. The van der Waals surface area contributed by atoms with Crippen LogP contribution in [-0.4, -0.2) is 29.7 Å². The van der Waals surface area contributed by atoms with Crippen molar-refractivity contribution >= 4 is 29.3 Å². The molecule has 0 aromatic heterocycles. The van der Waals surface area contributed by atoms with Gasteiger partial charge in [-0.05, 0) is 38.2 Å². The Kier molecular flexibility index (Phi) is 4.61. The summed E-state index contributed by atoms with van der Waals surface area (Å²) in [7, 11) is 0. The van der Waals surface area contributed by atoms with E-state index in [0.717, 1.165) is 10.6 Å². The summed E-state index contributed by atoms with van der Waals surface area (Å²) in [6.07, 6.45) is 3.15. The highest BCUT2D eigenvalue weighted by atomic mass is 32.2. The smallest absolute Gasteiger partial charge is 0.253 e. The van der Waals surface area contributed by atoms with Crippen LogP contribution < -0.4 is 10.2 Å². The van der Waals surface area contributed by atoms with Gasteiger partial charge in [0.25, 0.3) is 5.91 Å². The summed E-state index contributed by atoms with van der Waals surface area (Å²) in [4.78, 5) is 28.1. The first-order valence-corrected chi connectivity index (χ1v) is 8.49. The Hall–Kier alpha value is -1.49. The fraction of sp³-hybridized carbons (Fsp3) is 0.500. The molecular formula is C16H22N2O2S. The standard InChI is InChI=1S/C16H22N2O2S/c1-5-11-14(19)17-16(3,6-2)15(20)18(11)12-9-7-8-10-13(12)21-4/h7-11H,5-6H2,1-4H3,(H,17,19). The van der Waals surface area contributed by atoms with E-state index in [4.69, 9.17) is 0 Å². The van der Waals surface area contributed by atoms with E-state index in [-0.39, 0.29) is 11.8 Å². The Bertz CT molecular complexity index is 561. The number of rotatable bonds is 4. The average molecular weight is 306 g/mol. The first-order chi connectivity index (χ1) is 9.98. The zero-order valence-corrected chi connectivity index (χ0v) is 13.8. The summed E-state index contributed by atoms with van der Waals surface area (Å²) in [5.41, 5.74) is 0.00485. The van der Waals surface area contributed by atoms with Crippen molar-refractivity contribution in [1.82, 2.24) is 5.32 Å². The van der Waals surface area contributed by atoms with Crippen LogP contribution in [0.2, 0.25) is 0 Å². The minimum absolute atomic E-state index is 0.0297. The molecule has 0 bridgehead atoms. The molecular weight excluding hydrogens is 284 g/mol. The van der Waals surface area contributed by atoms with Crippen molar-refractivity contribution in [2.45, 2.75) is 50.1 Å². The third-order valence-electron chi connectivity index (χ3n) is 4.14. The number of hydrogen-bond donors (Lipinski definition) is 1. The van der Waals surface area contributed by atoms with Gasteiger partial charge in [0.05, 0.1) is 5.69 Å². The largest absolute Gasteiger partial charge is 0.340 e. The highest BCUT2D eigenvalue weighted by molar-refractivity contribution is 7.98. The predicted octanol–water partition coefficient (Wildman–Crippen LogP) is 2.82. The van der Waals surface area contributed by atoms with Gasteiger partial charge in [-0.2, -0.15) is 0 Å². The Morgan fingerprint density at radius 2 is 1.95 bits per heavy atom. The molecule has 2 rings (SSSR count). The molecule has 1 aliphatic heterocycles. The number of nitrogens with zero attached hydrogens (tertiary/aromatic N) is 1. The number of para-hydroxylation sites is 1. The molecule has 0 aliphatic carbocycles. The summed E-state index contributed by atoms with van der Waals surface area (Å²) in [6, 6.07) is 7.32. The number of anilines is 1. The van der Waals surface area contributed by atoms with Gasteiger partial charge in [-0.3, -0.25) is 14.5 Å². The summed E-state index contributed by atoms with van der Waals surface area (Å²) < 4.78 is 0. The van der Waals surface area contributed by atoms with Crippen LogP contribution in [0.25, 0.3) is 0 Å². The van der Waals surface area contributed by atoms with Gasteiger partial charge in [-0.1, -0.05) is 26.0 Å². The molecule has 114 valence electrons. The fourth-order valence-corrected chi connectivity index (χ4v) is 3.24. The first-order valence-electron chi connectivity index (χ1n) is 7.27. The molecule has 1 aromatic rings. The van der Waals surface area contributed by atoms with Gasteiger partial charge in [0.1, 0.15) is 11.6 Å². The lowest BCUT2D eigenvalue weighted by Crippen LogP contribution is -2.69. The normalized spacial score (nSPS) is 25.9. The van der Waals surface area contributed by atoms with Crippen LogP contribution >= 0.6 is 11.8 Å². The lowest BCUT2D eigenvalue weighted by Gasteiger charge is -2.44. The fourth-order valence-electron chi connectivity index (χ4n) is 2.65. The number of thioether (sulfide) groups is 1. The molecule has 2 atom stereocenters. The number of hydrogen-bond acceptors (Lipinski definition) is 3. The number of benzene rings is 1. The van der Waals surface area contributed by atoms with Crippen molar-refractivity contribution < 1.29 is 9.59 Å². The van der Waals surface area contributed by atoms with E-state index in [1.807, 2.05) is 44.4 Å². The van der Waals surface area contributed by atoms with E-state index in [1.165, 1.54) is 0 Å². The van der Waals surface area contributed by atoms with Crippen molar-refractivity contribution in [1.29, 1.82) is 0 Å². The highest BCUT2D eigenvalue weighted by Crippen LogP contribution is 2.34. The van der Waals surface area contributed by atoms with E-state index < -0.39 is 11.6 Å². The third kappa shape index (κ3) is 2.67. The van der Waals surface area contributed by atoms with Gasteiger partial charge in [-0.15, -0.1) is 11.8 Å². The average Bonchev–Trinajstić information content (AvgIpc) is 2.50. The summed E-state index contributed by atoms with van der Waals surface area (Å²) in [6.45, 7) is 5.65. The van der Waals surface area contributed by atoms with Gasteiger partial charge in [0, 0.05) is 4.90 Å². The molecule has 0 radical (unpaired) electrons. The van der Waals surface area contributed by atoms with Gasteiger partial charge in [-0.25, -0.2) is 0 Å². The lowest BCUT2D eigenvalue weighted by molar-refractivity contribution is -0.138. The molecule has 21 heavy (non-hydrogen) atoms. The number of amides is 2. The molecule has 1 saturated heterocycles. The van der Waals surface area contributed by atoms with E-state index in [9.17, 15) is 9.59 Å². The minimum Gasteiger partial charge on any atom is -0.340 e. The van der Waals surface area contributed by atoms with Gasteiger partial charge in [0.15, 0.2) is 0 Å². The minimum atomic E-state index is -0.825. The SMILES string of the molecule is CCC1C(=O)NC(C)(CC)C(=O)N1c1ccccc1SC. The topological polar surface area (TPSA) is 49.4 Å². The van der Waals surface area contributed by atoms with Crippen LogP contribution in [-0.2, 0) is 9.59 Å². The van der Waals surface area contributed by atoms with Crippen LogP contribution in [0.1, 0.15) is 33.6 Å². The van der Waals surface area contributed by atoms with Gasteiger partial charge >= 0.3 is 0 Å². The maximum atomic E-state index is 13.0. The Morgan fingerprint density at radius 3 is 2.52 bits per heavy atom. The second-order valence-electron chi connectivity index (χ2n) is 5.45. The Morgan fingerprint density at radius 1 is 1.29 bits per heavy atom. The number of carbonyl (C=O) groups excluding carboxylic acids is 2. The number of piperazine rings is 1. The second kappa shape index (κ2) is 6.10. The second-order valence-corrected chi connectivity index (χ2v) is 6.29. The van der Waals surface area contributed by atoms with Crippen LogP contribution in [0.15, 0.2) is 29.2 Å². The molecule has 1 heterocycles. The van der Waals surface area contributed by atoms with Crippen molar-refractivity contribution in [3.63, 3.8) is 0 Å². The van der Waals surface area contributed by atoms with Crippen molar-refractivity contribution in [3.05, 3.63) is 24.3 Å². The Balaban J connectivity index is 2.55. The molecule has 0 spiro atoms. The van der Waals surface area contributed by atoms with Crippen molar-refractivity contribution in [3.8, 4) is 0 Å². The van der Waals surface area contributed by atoms with Crippen LogP contribution in [0.4, 0.5) is 5.69 Å². The van der Waals surface area contributed by atoms with Gasteiger partial charge < -0.3 is 5.32 Å². The molecule has 1 fully saturated rings. The van der Waals surface area contributed by atoms with E-state index in [0.29, 0.717) is 12.8 Å². The number of nitrogens with one attached hydrogen (secondary N) is 1. The zero-order chi connectivity index (χ0) is 15.6. The lowest BCUT2D eigenvalue weighted by atomic mass is 9.90. The monoisotopic (exact) mass is 306 g/mol. The Labute approximate surface area is 130 Å². The molecule has 1 aromatic carbocycles. The van der Waals surface area contributed by atoms with Gasteiger partial charge in [0.2, 0.25) is 5.91 Å². The van der Waals surface area contributed by atoms with E-state index in [2.05, 4.69) is 5.32 Å². The number of carbonyl (C=O) groups is 2. The quantitative estimate of drug-likeness (QED) is 0.870. The zero-order valence-electron chi connectivity index (χ0n) is 13.0. The highest BCUT2D eigenvalue weighted by Gasteiger charge is 2.47. The van der Waals surface area contributed by atoms with Crippen molar-refractivity contribution in [2.75, 3.05) is 11.2 Å². The maximum Gasteiger partial charge on any atom is 0.253 e. The van der Waals surface area contributed by atoms with Crippen LogP contribution in [0, 0.1) is 0 Å². The molecule has 1 N–H and O–H groups in total. The molecule has 1 aliphatic rings. The first kappa shape index (κ1) is 15.9. The summed E-state index contributed by atoms with van der Waals surface area (Å²) >= 11 is 1.59. The van der Waals surface area contributed by atoms with Crippen LogP contribution in [0.3, 0.4) is 0 Å². The molecule has 4 nitrogen and oxygen atoms in total. The third-order valence-corrected chi connectivity index (χ3v) is 4.93. The maximum absolute atomic E-state index is 13.0. The molecule has 5 heteroatoms. The predicted molar refractivity (Wildman–Crippen MR) is 86.6 cm³/mol. The van der Waals surface area contributed by atoms with E-state index in [1.54, 1.807) is 23.6 Å². The van der Waals surface area contributed by atoms with Crippen LogP contribution in [0.5, 0.6) is 0 Å². The summed E-state index contributed by atoms with van der Waals surface area (Å²) in [5, 5.41) is 2.89. The molecule has 0 saturated carbocycles. The van der Waals surface area contributed by atoms with Crippen molar-refractivity contribution in [2.24, 2.45) is 0 Å². The van der Waals surface area contributed by atoms with E-state index >= 15 is 0 Å². The molecule has 2 unspecified atom stereocenters.